The van der Waals surface area contributed by atoms with Crippen LogP contribution in [0, 0.1) is 5.41 Å². The molecule has 98 valence electrons. The molecule has 2 aliphatic rings. The van der Waals surface area contributed by atoms with E-state index in [1.807, 2.05) is 11.8 Å². The molecule has 1 aliphatic carbocycles. The van der Waals surface area contributed by atoms with E-state index in [2.05, 4.69) is 24.3 Å². The van der Waals surface area contributed by atoms with Crippen LogP contribution in [0.3, 0.4) is 0 Å². The van der Waals surface area contributed by atoms with Crippen molar-refractivity contribution in [2.75, 3.05) is 6.61 Å². The van der Waals surface area contributed by atoms with Gasteiger partial charge in [-0.05, 0) is 42.7 Å². The first-order chi connectivity index (χ1) is 8.81. The molecule has 1 atom stereocenters. The Morgan fingerprint density at radius 3 is 2.67 bits per heavy atom. The van der Waals surface area contributed by atoms with Crippen molar-refractivity contribution in [1.82, 2.24) is 0 Å². The molecule has 1 nitrogen and oxygen atoms in total. The average molecular weight is 262 g/mol. The third-order valence-corrected chi connectivity index (χ3v) is 5.94. The van der Waals surface area contributed by atoms with Crippen LogP contribution in [0.4, 0.5) is 0 Å². The van der Waals surface area contributed by atoms with E-state index in [9.17, 15) is 5.11 Å². The van der Waals surface area contributed by atoms with Gasteiger partial charge in [-0.25, -0.2) is 0 Å². The molecule has 3 rings (SSSR count). The smallest absolute Gasteiger partial charge is 0.0487 e. The highest BCUT2D eigenvalue weighted by Crippen LogP contribution is 2.46. The summed E-state index contributed by atoms with van der Waals surface area (Å²) in [5.41, 5.74) is 1.74. The van der Waals surface area contributed by atoms with Crippen molar-refractivity contribution >= 4 is 11.8 Å². The molecule has 2 heteroatoms. The topological polar surface area (TPSA) is 20.2 Å². The van der Waals surface area contributed by atoms with Crippen LogP contribution in [0.5, 0.6) is 0 Å². The first-order valence-electron chi connectivity index (χ1n) is 7.17. The summed E-state index contributed by atoms with van der Waals surface area (Å²) < 4.78 is 0. The second kappa shape index (κ2) is 5.26. The Hall–Kier alpha value is -0.470. The zero-order valence-corrected chi connectivity index (χ0v) is 11.7. The summed E-state index contributed by atoms with van der Waals surface area (Å²) in [6.45, 7) is 0.389. The van der Waals surface area contributed by atoms with Crippen molar-refractivity contribution in [3.8, 4) is 0 Å². The summed E-state index contributed by atoms with van der Waals surface area (Å²) >= 11 is 2.03. The van der Waals surface area contributed by atoms with Gasteiger partial charge in [-0.3, -0.25) is 0 Å². The van der Waals surface area contributed by atoms with Crippen LogP contribution < -0.4 is 0 Å². The number of rotatable bonds is 3. The van der Waals surface area contributed by atoms with E-state index in [-0.39, 0.29) is 5.41 Å². The number of thioether (sulfide) groups is 1. The number of benzene rings is 1. The van der Waals surface area contributed by atoms with Gasteiger partial charge in [0.05, 0.1) is 0 Å². The third kappa shape index (κ3) is 2.46. The summed E-state index contributed by atoms with van der Waals surface area (Å²) in [4.78, 5) is 1.46. The Morgan fingerprint density at radius 2 is 1.94 bits per heavy atom. The van der Waals surface area contributed by atoms with E-state index in [4.69, 9.17) is 0 Å². The Labute approximate surface area is 114 Å². The molecule has 1 aromatic carbocycles. The molecule has 1 aromatic rings. The predicted molar refractivity (Wildman–Crippen MR) is 77.0 cm³/mol. The van der Waals surface area contributed by atoms with Crippen molar-refractivity contribution in [2.24, 2.45) is 5.41 Å². The molecular weight excluding hydrogens is 240 g/mol. The van der Waals surface area contributed by atoms with Crippen LogP contribution in [0.15, 0.2) is 29.2 Å². The van der Waals surface area contributed by atoms with E-state index >= 15 is 0 Å². The highest BCUT2D eigenvalue weighted by atomic mass is 32.2. The van der Waals surface area contributed by atoms with E-state index < -0.39 is 0 Å². The van der Waals surface area contributed by atoms with Crippen molar-refractivity contribution in [1.29, 1.82) is 0 Å². The van der Waals surface area contributed by atoms with Crippen molar-refractivity contribution in [3.63, 3.8) is 0 Å². The molecule has 0 radical (unpaired) electrons. The quantitative estimate of drug-likeness (QED) is 0.887. The van der Waals surface area contributed by atoms with Crippen LogP contribution in [-0.4, -0.2) is 17.0 Å². The molecule has 0 bridgehead atoms. The fourth-order valence-electron chi connectivity index (χ4n) is 3.58. The molecule has 1 aliphatic heterocycles. The highest BCUT2D eigenvalue weighted by molar-refractivity contribution is 8.00. The maximum absolute atomic E-state index is 9.81. The molecule has 0 spiro atoms. The lowest BCUT2D eigenvalue weighted by Gasteiger charge is -2.37. The van der Waals surface area contributed by atoms with E-state index in [0.717, 1.165) is 0 Å². The molecule has 1 unspecified atom stereocenters. The molecule has 0 amide bonds. The summed E-state index contributed by atoms with van der Waals surface area (Å²) in [5, 5.41) is 10.5. The van der Waals surface area contributed by atoms with Gasteiger partial charge in [-0.15, -0.1) is 11.8 Å². The van der Waals surface area contributed by atoms with Gasteiger partial charge < -0.3 is 5.11 Å². The lowest BCUT2D eigenvalue weighted by Crippen LogP contribution is -2.31. The second-order valence-corrected chi connectivity index (χ2v) is 7.32. The van der Waals surface area contributed by atoms with E-state index in [0.29, 0.717) is 11.9 Å². The first kappa shape index (κ1) is 12.6. The van der Waals surface area contributed by atoms with E-state index in [1.54, 1.807) is 0 Å². The van der Waals surface area contributed by atoms with Gasteiger partial charge in [0.2, 0.25) is 0 Å². The van der Waals surface area contributed by atoms with Gasteiger partial charge in [-0.1, -0.05) is 37.5 Å². The Morgan fingerprint density at radius 1 is 1.17 bits per heavy atom. The maximum atomic E-state index is 9.81. The number of fused-ring (bicyclic) bond motifs is 1. The molecular formula is C16H22OS. The molecule has 1 saturated carbocycles. The van der Waals surface area contributed by atoms with Gasteiger partial charge in [0.25, 0.3) is 0 Å². The zero-order chi connectivity index (χ0) is 12.4. The first-order valence-corrected chi connectivity index (χ1v) is 8.05. The Kier molecular flexibility index (Phi) is 3.67. The summed E-state index contributed by atoms with van der Waals surface area (Å²) in [7, 11) is 0. The van der Waals surface area contributed by atoms with Gasteiger partial charge in [0.1, 0.15) is 0 Å². The van der Waals surface area contributed by atoms with Gasteiger partial charge in [0, 0.05) is 16.8 Å². The van der Waals surface area contributed by atoms with Crippen molar-refractivity contribution < 1.29 is 5.11 Å². The fourth-order valence-corrected chi connectivity index (χ4v) is 5.10. The van der Waals surface area contributed by atoms with Gasteiger partial charge in [-0.2, -0.15) is 0 Å². The van der Waals surface area contributed by atoms with Crippen LogP contribution in [0.25, 0.3) is 0 Å². The number of aliphatic hydroxyl groups excluding tert-OH is 1. The van der Waals surface area contributed by atoms with Crippen molar-refractivity contribution in [3.05, 3.63) is 29.8 Å². The van der Waals surface area contributed by atoms with Crippen molar-refractivity contribution in [2.45, 2.75) is 55.1 Å². The molecule has 18 heavy (non-hydrogen) atoms. The minimum absolute atomic E-state index is 0.234. The third-order valence-electron chi connectivity index (χ3n) is 4.62. The van der Waals surface area contributed by atoms with Crippen LogP contribution in [0.2, 0.25) is 0 Å². The normalized spacial score (nSPS) is 25.9. The number of aliphatic hydroxyl groups is 1. The number of hydrogen-bond acceptors (Lipinski definition) is 2. The monoisotopic (exact) mass is 262 g/mol. The lowest BCUT2D eigenvalue weighted by atomic mass is 9.71. The summed E-state index contributed by atoms with van der Waals surface area (Å²) in [6.07, 6.45) is 8.84. The molecule has 1 fully saturated rings. The predicted octanol–water partition coefficient (Wildman–Crippen LogP) is 4.04. The fraction of sp³-hybridized carbons (Fsp3) is 0.625. The second-order valence-electron chi connectivity index (χ2n) is 5.97. The molecule has 0 saturated heterocycles. The summed E-state index contributed by atoms with van der Waals surface area (Å²) in [6, 6.07) is 8.78. The Balaban J connectivity index is 1.67. The van der Waals surface area contributed by atoms with Crippen LogP contribution >= 0.6 is 11.8 Å². The molecule has 1 heterocycles. The lowest BCUT2D eigenvalue weighted by molar-refractivity contribution is 0.0732. The number of hydrogen-bond donors (Lipinski definition) is 1. The van der Waals surface area contributed by atoms with Crippen LogP contribution in [0.1, 0.15) is 44.1 Å². The van der Waals surface area contributed by atoms with E-state index in [1.165, 1.54) is 55.4 Å². The van der Waals surface area contributed by atoms with Gasteiger partial charge >= 0.3 is 0 Å². The maximum Gasteiger partial charge on any atom is 0.0487 e. The summed E-state index contributed by atoms with van der Waals surface area (Å²) in [5.74, 6) is 0. The van der Waals surface area contributed by atoms with Gasteiger partial charge in [0.15, 0.2) is 0 Å². The standard InChI is InChI=1S/C16H22OS/c17-12-16(8-4-1-5-9-16)11-14-10-13-6-2-3-7-15(13)18-14/h2-3,6-7,14,17H,1,4-5,8-12H2. The average Bonchev–Trinajstić information content (AvgIpc) is 2.81. The largest absolute Gasteiger partial charge is 0.396 e. The highest BCUT2D eigenvalue weighted by Gasteiger charge is 2.36. The minimum atomic E-state index is 0.234. The zero-order valence-electron chi connectivity index (χ0n) is 10.9. The SMILES string of the molecule is OCC1(CC2Cc3ccccc3S2)CCCCC1. The minimum Gasteiger partial charge on any atom is -0.396 e. The molecule has 1 N–H and O–H groups in total. The molecule has 0 aromatic heterocycles. The Bertz CT molecular complexity index is 384. The van der Waals surface area contributed by atoms with Crippen LogP contribution in [-0.2, 0) is 6.42 Å².